The molecule has 1 rings (SSSR count). The van der Waals surface area contributed by atoms with Gasteiger partial charge in [-0.3, -0.25) is 0 Å². The lowest BCUT2D eigenvalue weighted by molar-refractivity contribution is 0.750. The summed E-state index contributed by atoms with van der Waals surface area (Å²) < 4.78 is 0. The maximum Gasteiger partial charge on any atom is 0.243 e. The first kappa shape index (κ1) is 12.2. The molecule has 84 valence electrons. The molecule has 0 saturated carbocycles. The van der Waals surface area contributed by atoms with Gasteiger partial charge in [-0.05, 0) is 26.5 Å². The fraction of sp³-hybridized carbons (Fsp3) is 0.700. The number of rotatable bonds is 5. The van der Waals surface area contributed by atoms with Crippen molar-refractivity contribution in [3.05, 3.63) is 11.4 Å². The highest BCUT2D eigenvalue weighted by molar-refractivity contribution is 7.98. The zero-order valence-electron chi connectivity index (χ0n) is 9.74. The summed E-state index contributed by atoms with van der Waals surface area (Å²) >= 11 is 1.82. The highest BCUT2D eigenvalue weighted by Crippen LogP contribution is 2.08. The lowest BCUT2D eigenvalue weighted by Gasteiger charge is -2.15. The quantitative estimate of drug-likeness (QED) is 0.832. The summed E-state index contributed by atoms with van der Waals surface area (Å²) in [6.07, 6.45) is 3.17. The van der Waals surface area contributed by atoms with Crippen molar-refractivity contribution in [3.63, 3.8) is 0 Å². The number of anilines is 1. The highest BCUT2D eigenvalue weighted by atomic mass is 32.2. The van der Waals surface area contributed by atoms with Gasteiger partial charge in [0, 0.05) is 11.8 Å². The highest BCUT2D eigenvalue weighted by Gasteiger charge is 2.08. The molecular formula is C10H18N4S. The van der Waals surface area contributed by atoms with Crippen molar-refractivity contribution in [2.75, 3.05) is 17.3 Å². The second kappa shape index (κ2) is 5.90. The molecule has 1 aromatic rings. The standard InChI is InChI=1S/C10H18N4S/c1-5-9(6-15-4)12-10-11-7(2)8(3)13-14-10/h9H,5-6H2,1-4H3,(H,11,12,14). The third kappa shape index (κ3) is 3.66. The van der Waals surface area contributed by atoms with E-state index in [0.29, 0.717) is 12.0 Å². The SMILES string of the molecule is CCC(CSC)Nc1nnc(C)c(C)n1. The molecule has 0 aromatic carbocycles. The Kier molecular flexibility index (Phi) is 4.81. The van der Waals surface area contributed by atoms with Crippen molar-refractivity contribution in [1.82, 2.24) is 15.2 Å². The molecule has 0 radical (unpaired) electrons. The van der Waals surface area contributed by atoms with Gasteiger partial charge in [-0.25, -0.2) is 4.98 Å². The molecule has 1 heterocycles. The molecule has 1 aromatic heterocycles. The van der Waals surface area contributed by atoms with Crippen LogP contribution in [0.3, 0.4) is 0 Å². The van der Waals surface area contributed by atoms with E-state index in [1.807, 2.05) is 25.6 Å². The van der Waals surface area contributed by atoms with Crippen LogP contribution in [0.4, 0.5) is 5.95 Å². The Morgan fingerprint density at radius 1 is 1.27 bits per heavy atom. The van der Waals surface area contributed by atoms with Gasteiger partial charge in [0.25, 0.3) is 0 Å². The first-order valence-electron chi connectivity index (χ1n) is 5.10. The molecule has 0 fully saturated rings. The Morgan fingerprint density at radius 2 is 2.00 bits per heavy atom. The van der Waals surface area contributed by atoms with E-state index in [1.54, 1.807) is 0 Å². The average molecular weight is 226 g/mol. The molecular weight excluding hydrogens is 208 g/mol. The number of aromatic nitrogens is 3. The van der Waals surface area contributed by atoms with Gasteiger partial charge in [0.05, 0.1) is 11.4 Å². The fourth-order valence-corrected chi connectivity index (χ4v) is 1.88. The molecule has 4 nitrogen and oxygen atoms in total. The van der Waals surface area contributed by atoms with Crippen molar-refractivity contribution in [2.24, 2.45) is 0 Å². The largest absolute Gasteiger partial charge is 0.349 e. The maximum atomic E-state index is 4.35. The molecule has 0 aliphatic rings. The van der Waals surface area contributed by atoms with Crippen molar-refractivity contribution in [3.8, 4) is 0 Å². The van der Waals surface area contributed by atoms with Gasteiger partial charge in [0.1, 0.15) is 0 Å². The Hall–Kier alpha value is -0.840. The molecule has 1 N–H and O–H groups in total. The molecule has 5 heteroatoms. The van der Waals surface area contributed by atoms with E-state index in [9.17, 15) is 0 Å². The predicted molar refractivity (Wildman–Crippen MR) is 65.4 cm³/mol. The molecule has 0 bridgehead atoms. The van der Waals surface area contributed by atoms with E-state index in [0.717, 1.165) is 23.6 Å². The first-order valence-corrected chi connectivity index (χ1v) is 6.50. The van der Waals surface area contributed by atoms with Gasteiger partial charge in [-0.2, -0.15) is 16.9 Å². The molecule has 0 spiro atoms. The number of thioether (sulfide) groups is 1. The summed E-state index contributed by atoms with van der Waals surface area (Å²) in [5.74, 6) is 1.70. The Balaban J connectivity index is 2.66. The lowest BCUT2D eigenvalue weighted by Crippen LogP contribution is -2.23. The Labute approximate surface area is 95.3 Å². The smallest absolute Gasteiger partial charge is 0.243 e. The summed E-state index contributed by atoms with van der Waals surface area (Å²) in [5.41, 5.74) is 1.82. The number of aryl methyl sites for hydroxylation is 2. The second-order valence-corrected chi connectivity index (χ2v) is 4.42. The van der Waals surface area contributed by atoms with E-state index < -0.39 is 0 Å². The second-order valence-electron chi connectivity index (χ2n) is 3.51. The van der Waals surface area contributed by atoms with Gasteiger partial charge in [-0.15, -0.1) is 5.10 Å². The first-order chi connectivity index (χ1) is 7.17. The zero-order chi connectivity index (χ0) is 11.3. The topological polar surface area (TPSA) is 50.7 Å². The minimum absolute atomic E-state index is 0.420. The number of nitrogens with one attached hydrogen (secondary N) is 1. The lowest BCUT2D eigenvalue weighted by atomic mass is 10.3. The van der Waals surface area contributed by atoms with E-state index in [4.69, 9.17) is 0 Å². The normalized spacial score (nSPS) is 12.5. The van der Waals surface area contributed by atoms with Crippen LogP contribution in [-0.2, 0) is 0 Å². The van der Waals surface area contributed by atoms with Gasteiger partial charge >= 0.3 is 0 Å². The fourth-order valence-electron chi connectivity index (χ4n) is 1.16. The minimum atomic E-state index is 0.420. The van der Waals surface area contributed by atoms with Crippen LogP contribution in [0.1, 0.15) is 24.7 Å². The van der Waals surface area contributed by atoms with E-state index >= 15 is 0 Å². The monoisotopic (exact) mass is 226 g/mol. The molecule has 0 aliphatic heterocycles. The molecule has 1 unspecified atom stereocenters. The van der Waals surface area contributed by atoms with Crippen LogP contribution in [0, 0.1) is 13.8 Å². The van der Waals surface area contributed by atoms with Crippen LogP contribution in [0.25, 0.3) is 0 Å². The number of hydrogen-bond acceptors (Lipinski definition) is 5. The third-order valence-electron chi connectivity index (χ3n) is 2.29. The Morgan fingerprint density at radius 3 is 2.53 bits per heavy atom. The Bertz CT molecular complexity index is 316. The van der Waals surface area contributed by atoms with E-state index in [2.05, 4.69) is 33.7 Å². The maximum absolute atomic E-state index is 4.35. The molecule has 0 aliphatic carbocycles. The average Bonchev–Trinajstić information content (AvgIpc) is 2.23. The number of nitrogens with zero attached hydrogens (tertiary/aromatic N) is 3. The van der Waals surface area contributed by atoms with Crippen LogP contribution in [-0.4, -0.2) is 33.2 Å². The summed E-state index contributed by atoms with van der Waals surface area (Å²) in [6.45, 7) is 6.02. The van der Waals surface area contributed by atoms with Gasteiger partial charge in [-0.1, -0.05) is 6.92 Å². The summed E-state index contributed by atoms with van der Waals surface area (Å²) in [5, 5.41) is 11.4. The summed E-state index contributed by atoms with van der Waals surface area (Å²) in [6, 6.07) is 0.420. The van der Waals surface area contributed by atoms with E-state index in [-0.39, 0.29) is 0 Å². The van der Waals surface area contributed by atoms with Crippen LogP contribution in [0.2, 0.25) is 0 Å². The van der Waals surface area contributed by atoms with Crippen LogP contribution < -0.4 is 5.32 Å². The van der Waals surface area contributed by atoms with Gasteiger partial charge in [0.15, 0.2) is 0 Å². The zero-order valence-corrected chi connectivity index (χ0v) is 10.6. The number of hydrogen-bond donors (Lipinski definition) is 1. The van der Waals surface area contributed by atoms with Crippen molar-refractivity contribution in [1.29, 1.82) is 0 Å². The minimum Gasteiger partial charge on any atom is -0.349 e. The van der Waals surface area contributed by atoms with Crippen LogP contribution >= 0.6 is 11.8 Å². The predicted octanol–water partition coefficient (Wildman–Crippen LogP) is 2.04. The molecule has 15 heavy (non-hydrogen) atoms. The van der Waals surface area contributed by atoms with Crippen molar-refractivity contribution >= 4 is 17.7 Å². The van der Waals surface area contributed by atoms with E-state index in [1.165, 1.54) is 0 Å². The molecule has 1 atom stereocenters. The van der Waals surface area contributed by atoms with Crippen molar-refractivity contribution in [2.45, 2.75) is 33.2 Å². The summed E-state index contributed by atoms with van der Waals surface area (Å²) in [7, 11) is 0. The van der Waals surface area contributed by atoms with Crippen LogP contribution in [0.15, 0.2) is 0 Å². The van der Waals surface area contributed by atoms with Crippen LogP contribution in [0.5, 0.6) is 0 Å². The van der Waals surface area contributed by atoms with Gasteiger partial charge < -0.3 is 5.32 Å². The molecule has 0 amide bonds. The summed E-state index contributed by atoms with van der Waals surface area (Å²) in [4.78, 5) is 4.35. The van der Waals surface area contributed by atoms with Crippen molar-refractivity contribution < 1.29 is 0 Å². The van der Waals surface area contributed by atoms with Gasteiger partial charge in [0.2, 0.25) is 5.95 Å². The third-order valence-corrected chi connectivity index (χ3v) is 3.02. The molecule has 0 saturated heterocycles.